The Morgan fingerprint density at radius 3 is 2.45 bits per heavy atom. The third kappa shape index (κ3) is 2.00. The van der Waals surface area contributed by atoms with Crippen molar-refractivity contribution in [2.45, 2.75) is 22.7 Å². The summed E-state index contributed by atoms with van der Waals surface area (Å²) in [6.07, 6.45) is 0. The van der Waals surface area contributed by atoms with E-state index < -0.39 is 0 Å². The first kappa shape index (κ1) is 9.59. The number of hydrogen-bond donors (Lipinski definition) is 1. The summed E-state index contributed by atoms with van der Waals surface area (Å²) in [7, 11) is 0. The number of thiol groups is 1. The van der Waals surface area contributed by atoms with Crippen molar-refractivity contribution in [1.29, 1.82) is 0 Å². The maximum atomic E-state index is 4.37. The molecule has 0 nitrogen and oxygen atoms in total. The topological polar surface area (TPSA) is 0 Å². The Morgan fingerprint density at radius 2 is 1.91 bits per heavy atom. The molecule has 2 heteroatoms. The van der Waals surface area contributed by atoms with Crippen molar-refractivity contribution >= 4 is 12.6 Å². The van der Waals surface area contributed by atoms with E-state index in [0.29, 0.717) is 0 Å². The second-order valence-electron chi connectivity index (χ2n) is 2.74. The average molecular weight is 352 g/mol. The zero-order valence-electron chi connectivity index (χ0n) is 7.02. The SMILES string of the molecule is Cc1c(S)ccc([CH2][Hg+])c1C. The zero-order chi connectivity index (χ0) is 8.43. The molecule has 0 N–H and O–H groups in total. The average Bonchev–Trinajstić information content (AvgIpc) is 2.01. The predicted molar refractivity (Wildman–Crippen MR) is 46.9 cm³/mol. The van der Waals surface area contributed by atoms with E-state index >= 15 is 0 Å². The molecule has 0 aliphatic heterocycles. The van der Waals surface area contributed by atoms with Crippen molar-refractivity contribution in [3.8, 4) is 0 Å². The van der Waals surface area contributed by atoms with E-state index in [0.717, 1.165) is 31.0 Å². The van der Waals surface area contributed by atoms with Crippen LogP contribution in [0.1, 0.15) is 16.7 Å². The molecule has 11 heavy (non-hydrogen) atoms. The van der Waals surface area contributed by atoms with Gasteiger partial charge in [0.15, 0.2) is 0 Å². The summed E-state index contributed by atoms with van der Waals surface area (Å²) in [5.74, 6) is 0. The summed E-state index contributed by atoms with van der Waals surface area (Å²) in [5, 5.41) is 0. The first-order chi connectivity index (χ1) is 5.16. The van der Waals surface area contributed by atoms with E-state index in [-0.39, 0.29) is 0 Å². The second kappa shape index (κ2) is 3.95. The number of rotatable bonds is 1. The van der Waals surface area contributed by atoms with Crippen molar-refractivity contribution in [3.05, 3.63) is 28.8 Å². The molecule has 0 bridgehead atoms. The molecule has 0 spiro atoms. The van der Waals surface area contributed by atoms with Crippen molar-refractivity contribution in [2.24, 2.45) is 0 Å². The molecule has 1 aromatic carbocycles. The van der Waals surface area contributed by atoms with Crippen molar-refractivity contribution in [3.63, 3.8) is 0 Å². The van der Waals surface area contributed by atoms with Crippen LogP contribution in [-0.2, 0) is 30.1 Å². The normalized spacial score (nSPS) is 10.3. The molecule has 0 radical (unpaired) electrons. The fourth-order valence-corrected chi connectivity index (χ4v) is 3.48. The fourth-order valence-electron chi connectivity index (χ4n) is 1.13. The molecule has 0 unspecified atom stereocenters. The van der Waals surface area contributed by atoms with Crippen LogP contribution in [0.4, 0.5) is 0 Å². The van der Waals surface area contributed by atoms with Crippen LogP contribution in [0.3, 0.4) is 0 Å². The van der Waals surface area contributed by atoms with Crippen LogP contribution in [0.25, 0.3) is 0 Å². The van der Waals surface area contributed by atoms with Crippen LogP contribution in [0.2, 0.25) is 0 Å². The zero-order valence-corrected chi connectivity index (χ0v) is 13.4. The van der Waals surface area contributed by atoms with Gasteiger partial charge >= 0.3 is 90.2 Å². The number of benzene rings is 1. The molecule has 0 fully saturated rings. The maximum absolute atomic E-state index is 4.37. The molecule has 0 saturated carbocycles. The van der Waals surface area contributed by atoms with E-state index in [1.54, 1.807) is 0 Å². The van der Waals surface area contributed by atoms with Crippen molar-refractivity contribution in [1.82, 2.24) is 0 Å². The van der Waals surface area contributed by atoms with Crippen LogP contribution in [0.15, 0.2) is 17.0 Å². The monoisotopic (exact) mass is 353 g/mol. The standard InChI is InChI=1S/C9H11S.Hg/c1-6-4-5-9(10)8(3)7(6)2;/h4-5,10H,1H2,2-3H3;/q;+1. The summed E-state index contributed by atoms with van der Waals surface area (Å²) >= 11 is 5.24. The Bertz CT molecular complexity index is 269. The first-order valence-corrected chi connectivity index (χ1v) is 8.07. The molecular formula is C9H11HgS+. The molecule has 0 saturated heterocycles. The van der Waals surface area contributed by atoms with Gasteiger partial charge in [-0.3, -0.25) is 0 Å². The van der Waals surface area contributed by atoms with E-state index in [4.69, 9.17) is 0 Å². The van der Waals surface area contributed by atoms with Gasteiger partial charge in [-0.25, -0.2) is 0 Å². The Kier molecular flexibility index (Phi) is 3.44. The molecular weight excluding hydrogens is 341 g/mol. The molecule has 1 aromatic rings. The van der Waals surface area contributed by atoms with Crippen molar-refractivity contribution in [2.75, 3.05) is 0 Å². The quantitative estimate of drug-likeness (QED) is 0.583. The summed E-state index contributed by atoms with van der Waals surface area (Å²) in [6, 6.07) is 4.31. The van der Waals surface area contributed by atoms with E-state index in [9.17, 15) is 0 Å². The van der Waals surface area contributed by atoms with Gasteiger partial charge in [-0.1, -0.05) is 0 Å². The van der Waals surface area contributed by atoms with Gasteiger partial charge in [-0.05, 0) is 0 Å². The van der Waals surface area contributed by atoms with Crippen LogP contribution < -0.4 is 0 Å². The van der Waals surface area contributed by atoms with Gasteiger partial charge < -0.3 is 0 Å². The molecule has 0 atom stereocenters. The Hall–Kier alpha value is 0.505. The Balaban J connectivity index is 3.25. The van der Waals surface area contributed by atoms with Gasteiger partial charge in [0.25, 0.3) is 0 Å². The van der Waals surface area contributed by atoms with Crippen LogP contribution in [0.5, 0.6) is 0 Å². The van der Waals surface area contributed by atoms with E-state index in [1.165, 1.54) is 20.6 Å². The molecule has 0 heterocycles. The van der Waals surface area contributed by atoms with Gasteiger partial charge in [0.2, 0.25) is 0 Å². The fraction of sp³-hybridized carbons (Fsp3) is 0.333. The van der Waals surface area contributed by atoms with Crippen LogP contribution in [0, 0.1) is 13.8 Å². The molecule has 1 rings (SSSR count). The minimum absolute atomic E-state index is 0.872. The Morgan fingerprint density at radius 1 is 1.27 bits per heavy atom. The third-order valence-corrected chi connectivity index (χ3v) is 4.72. The molecule has 0 aliphatic carbocycles. The number of hydrogen-bond acceptors (Lipinski definition) is 1. The van der Waals surface area contributed by atoms with E-state index in [2.05, 4.69) is 38.6 Å². The van der Waals surface area contributed by atoms with Gasteiger partial charge in [0, 0.05) is 0 Å². The van der Waals surface area contributed by atoms with Gasteiger partial charge in [-0.15, -0.1) is 0 Å². The van der Waals surface area contributed by atoms with Crippen molar-refractivity contribution < 1.29 is 26.1 Å². The van der Waals surface area contributed by atoms with E-state index in [1.807, 2.05) is 0 Å². The van der Waals surface area contributed by atoms with Gasteiger partial charge in [0.05, 0.1) is 0 Å². The summed E-state index contributed by atoms with van der Waals surface area (Å²) in [4.78, 5) is 1.12. The molecule has 0 aliphatic rings. The molecule has 54 valence electrons. The summed E-state index contributed by atoms with van der Waals surface area (Å²) in [6.45, 7) is 4.34. The van der Waals surface area contributed by atoms with Gasteiger partial charge in [-0.2, -0.15) is 0 Å². The third-order valence-electron chi connectivity index (χ3n) is 2.14. The molecule has 0 aromatic heterocycles. The molecule has 0 amide bonds. The van der Waals surface area contributed by atoms with Crippen LogP contribution >= 0.6 is 12.6 Å². The Labute approximate surface area is 89.8 Å². The summed E-state index contributed by atoms with van der Waals surface area (Å²) < 4.78 is 1.31. The van der Waals surface area contributed by atoms with Crippen LogP contribution in [-0.4, -0.2) is 0 Å². The summed E-state index contributed by atoms with van der Waals surface area (Å²) in [5.41, 5.74) is 4.30. The van der Waals surface area contributed by atoms with Gasteiger partial charge in [0.1, 0.15) is 0 Å². The second-order valence-corrected chi connectivity index (χ2v) is 5.17. The predicted octanol–water partition coefficient (Wildman–Crippen LogP) is 2.64. The first-order valence-electron chi connectivity index (χ1n) is 3.74. The minimum atomic E-state index is 0.872.